The molecule has 0 spiro atoms. The lowest BCUT2D eigenvalue weighted by Crippen LogP contribution is -2.30. The van der Waals surface area contributed by atoms with E-state index in [0.29, 0.717) is 17.0 Å². The van der Waals surface area contributed by atoms with E-state index in [4.69, 9.17) is 4.74 Å². The maximum Gasteiger partial charge on any atom is 0.265 e. The molecule has 0 radical (unpaired) electrons. The summed E-state index contributed by atoms with van der Waals surface area (Å²) in [7, 11) is 0. The summed E-state index contributed by atoms with van der Waals surface area (Å²) >= 11 is 0. The van der Waals surface area contributed by atoms with Gasteiger partial charge in [0.1, 0.15) is 11.6 Å². The van der Waals surface area contributed by atoms with Crippen LogP contribution in [0.4, 0.5) is 10.1 Å². The van der Waals surface area contributed by atoms with E-state index in [2.05, 4.69) is 15.3 Å². The van der Waals surface area contributed by atoms with Crippen LogP contribution in [-0.4, -0.2) is 22.0 Å². The smallest absolute Gasteiger partial charge is 0.265 e. The van der Waals surface area contributed by atoms with E-state index in [0.717, 1.165) is 22.3 Å². The number of para-hydroxylation sites is 2. The molecule has 1 atom stereocenters. The Morgan fingerprint density at radius 1 is 1.03 bits per heavy atom. The molecule has 30 heavy (non-hydrogen) atoms. The molecule has 0 saturated heterocycles. The molecule has 0 aliphatic rings. The third kappa shape index (κ3) is 4.27. The van der Waals surface area contributed by atoms with Crippen LogP contribution in [0.15, 0.2) is 72.9 Å². The van der Waals surface area contributed by atoms with Gasteiger partial charge in [-0.15, -0.1) is 0 Å². The number of fused-ring (bicyclic) bond motifs is 1. The molecule has 0 fully saturated rings. The Bertz CT molecular complexity index is 1210. The highest BCUT2D eigenvalue weighted by molar-refractivity contribution is 5.94. The van der Waals surface area contributed by atoms with Gasteiger partial charge in [-0.2, -0.15) is 0 Å². The van der Waals surface area contributed by atoms with E-state index in [1.807, 2.05) is 36.4 Å². The SMILES string of the molecule is Cc1cc(F)ccc1NC(=O)C(C)Oc1ccc(-c2cnc3ccccc3n2)cc1. The van der Waals surface area contributed by atoms with Gasteiger partial charge in [0, 0.05) is 11.3 Å². The molecule has 0 aliphatic heterocycles. The fraction of sp³-hybridized carbons (Fsp3) is 0.125. The quantitative estimate of drug-likeness (QED) is 0.502. The molecular weight excluding hydrogens is 381 g/mol. The fourth-order valence-electron chi connectivity index (χ4n) is 3.06. The lowest BCUT2D eigenvalue weighted by Gasteiger charge is -2.16. The van der Waals surface area contributed by atoms with E-state index < -0.39 is 6.10 Å². The number of rotatable bonds is 5. The molecule has 1 unspecified atom stereocenters. The summed E-state index contributed by atoms with van der Waals surface area (Å²) in [6, 6.07) is 19.3. The Labute approximate surface area is 173 Å². The summed E-state index contributed by atoms with van der Waals surface area (Å²) in [5.74, 6) is -0.0915. The van der Waals surface area contributed by atoms with Gasteiger partial charge in [-0.05, 0) is 74.0 Å². The van der Waals surface area contributed by atoms with Crippen LogP contribution >= 0.6 is 0 Å². The second kappa shape index (κ2) is 8.29. The normalized spacial score (nSPS) is 11.8. The summed E-state index contributed by atoms with van der Waals surface area (Å²) in [6.45, 7) is 3.40. The van der Waals surface area contributed by atoms with E-state index in [-0.39, 0.29) is 11.7 Å². The second-order valence-electron chi connectivity index (χ2n) is 6.98. The van der Waals surface area contributed by atoms with Gasteiger partial charge in [-0.1, -0.05) is 12.1 Å². The summed E-state index contributed by atoms with van der Waals surface area (Å²) < 4.78 is 19.0. The summed E-state index contributed by atoms with van der Waals surface area (Å²) in [5.41, 5.74) is 4.55. The van der Waals surface area contributed by atoms with Gasteiger partial charge >= 0.3 is 0 Å². The van der Waals surface area contributed by atoms with Crippen LogP contribution in [0.2, 0.25) is 0 Å². The number of carbonyl (C=O) groups is 1. The Kier molecular flexibility index (Phi) is 5.39. The molecule has 5 nitrogen and oxygen atoms in total. The van der Waals surface area contributed by atoms with E-state index in [1.165, 1.54) is 18.2 Å². The summed E-state index contributed by atoms with van der Waals surface area (Å²) in [5, 5.41) is 2.76. The highest BCUT2D eigenvalue weighted by atomic mass is 19.1. The van der Waals surface area contributed by atoms with Crippen molar-refractivity contribution >= 4 is 22.6 Å². The van der Waals surface area contributed by atoms with Crippen molar-refractivity contribution in [1.82, 2.24) is 9.97 Å². The molecule has 1 heterocycles. The van der Waals surface area contributed by atoms with Crippen LogP contribution in [0.5, 0.6) is 5.75 Å². The number of aryl methyl sites for hydroxylation is 1. The Morgan fingerprint density at radius 3 is 2.50 bits per heavy atom. The summed E-state index contributed by atoms with van der Waals surface area (Å²) in [4.78, 5) is 21.5. The van der Waals surface area contributed by atoms with Crippen LogP contribution in [0, 0.1) is 12.7 Å². The molecule has 4 rings (SSSR count). The van der Waals surface area contributed by atoms with Crippen molar-refractivity contribution in [2.24, 2.45) is 0 Å². The molecule has 0 aliphatic carbocycles. The number of hydrogen-bond acceptors (Lipinski definition) is 4. The Hall–Kier alpha value is -3.80. The van der Waals surface area contributed by atoms with Crippen LogP contribution in [0.3, 0.4) is 0 Å². The standard InChI is InChI=1S/C24H20FN3O2/c1-15-13-18(25)9-12-20(15)28-24(29)16(2)30-19-10-7-17(8-11-19)23-14-26-21-5-3-4-6-22(21)27-23/h3-14,16H,1-2H3,(H,28,29). The number of amides is 1. The number of aromatic nitrogens is 2. The number of halogens is 1. The third-order valence-corrected chi connectivity index (χ3v) is 4.73. The van der Waals surface area contributed by atoms with Gasteiger partial charge < -0.3 is 10.1 Å². The zero-order valence-electron chi connectivity index (χ0n) is 16.6. The maximum absolute atomic E-state index is 13.2. The van der Waals surface area contributed by atoms with Gasteiger partial charge in [0.2, 0.25) is 0 Å². The monoisotopic (exact) mass is 401 g/mol. The minimum atomic E-state index is -0.722. The topological polar surface area (TPSA) is 64.1 Å². The van der Waals surface area contributed by atoms with Crippen molar-refractivity contribution in [2.75, 3.05) is 5.32 Å². The zero-order chi connectivity index (χ0) is 21.1. The number of ether oxygens (including phenoxy) is 1. The van der Waals surface area contributed by atoms with Gasteiger partial charge in [0.15, 0.2) is 6.10 Å². The van der Waals surface area contributed by atoms with Crippen LogP contribution in [0.25, 0.3) is 22.3 Å². The predicted octanol–water partition coefficient (Wildman–Crippen LogP) is 5.15. The average Bonchev–Trinajstić information content (AvgIpc) is 2.76. The molecule has 1 amide bonds. The van der Waals surface area contributed by atoms with Crippen LogP contribution < -0.4 is 10.1 Å². The molecule has 6 heteroatoms. The zero-order valence-corrected chi connectivity index (χ0v) is 16.6. The lowest BCUT2D eigenvalue weighted by molar-refractivity contribution is -0.122. The number of nitrogens with one attached hydrogen (secondary N) is 1. The fourth-order valence-corrected chi connectivity index (χ4v) is 3.06. The number of anilines is 1. The Morgan fingerprint density at radius 2 is 1.77 bits per heavy atom. The highest BCUT2D eigenvalue weighted by Gasteiger charge is 2.16. The highest BCUT2D eigenvalue weighted by Crippen LogP contribution is 2.23. The molecule has 0 saturated carbocycles. The van der Waals surface area contributed by atoms with Crippen molar-refractivity contribution in [3.63, 3.8) is 0 Å². The number of hydrogen-bond donors (Lipinski definition) is 1. The third-order valence-electron chi connectivity index (χ3n) is 4.73. The first-order chi connectivity index (χ1) is 14.5. The molecule has 1 N–H and O–H groups in total. The summed E-state index contributed by atoms with van der Waals surface area (Å²) in [6.07, 6.45) is 1.01. The van der Waals surface area contributed by atoms with Crippen LogP contribution in [-0.2, 0) is 4.79 Å². The average molecular weight is 401 g/mol. The predicted molar refractivity (Wildman–Crippen MR) is 115 cm³/mol. The van der Waals surface area contributed by atoms with Gasteiger partial charge in [0.05, 0.1) is 22.9 Å². The molecule has 150 valence electrons. The minimum absolute atomic E-state index is 0.311. The maximum atomic E-state index is 13.2. The molecule has 0 bridgehead atoms. The molecular formula is C24H20FN3O2. The first-order valence-electron chi connectivity index (χ1n) is 9.55. The number of benzene rings is 3. The van der Waals surface area contributed by atoms with E-state index in [9.17, 15) is 9.18 Å². The van der Waals surface area contributed by atoms with Crippen molar-refractivity contribution in [2.45, 2.75) is 20.0 Å². The van der Waals surface area contributed by atoms with Crippen molar-refractivity contribution in [3.05, 3.63) is 84.3 Å². The van der Waals surface area contributed by atoms with Gasteiger partial charge in [-0.3, -0.25) is 9.78 Å². The minimum Gasteiger partial charge on any atom is -0.481 e. The Balaban J connectivity index is 1.43. The molecule has 3 aromatic carbocycles. The lowest BCUT2D eigenvalue weighted by atomic mass is 10.1. The molecule has 1 aromatic heterocycles. The molecule has 4 aromatic rings. The number of carbonyl (C=O) groups excluding carboxylic acids is 1. The second-order valence-corrected chi connectivity index (χ2v) is 6.98. The van der Waals surface area contributed by atoms with E-state index in [1.54, 1.807) is 32.2 Å². The van der Waals surface area contributed by atoms with Crippen molar-refractivity contribution in [3.8, 4) is 17.0 Å². The van der Waals surface area contributed by atoms with Crippen molar-refractivity contribution in [1.29, 1.82) is 0 Å². The van der Waals surface area contributed by atoms with Gasteiger partial charge in [0.25, 0.3) is 5.91 Å². The van der Waals surface area contributed by atoms with E-state index >= 15 is 0 Å². The van der Waals surface area contributed by atoms with Crippen molar-refractivity contribution < 1.29 is 13.9 Å². The first-order valence-corrected chi connectivity index (χ1v) is 9.55. The first kappa shape index (κ1) is 19.5. The largest absolute Gasteiger partial charge is 0.481 e. The van der Waals surface area contributed by atoms with Crippen LogP contribution in [0.1, 0.15) is 12.5 Å². The number of nitrogens with zero attached hydrogens (tertiary/aromatic N) is 2. The van der Waals surface area contributed by atoms with Gasteiger partial charge in [-0.25, -0.2) is 9.37 Å².